The highest BCUT2D eigenvalue weighted by Crippen LogP contribution is 2.10. The van der Waals surface area contributed by atoms with Crippen molar-refractivity contribution in [2.24, 2.45) is 7.05 Å². The van der Waals surface area contributed by atoms with Gasteiger partial charge in [-0.3, -0.25) is 4.68 Å². The second-order valence-electron chi connectivity index (χ2n) is 3.75. The van der Waals surface area contributed by atoms with E-state index in [9.17, 15) is 0 Å². The van der Waals surface area contributed by atoms with Crippen LogP contribution in [0.2, 0.25) is 0 Å². The summed E-state index contributed by atoms with van der Waals surface area (Å²) in [6.45, 7) is 7.23. The lowest BCUT2D eigenvalue weighted by molar-refractivity contribution is 0.191. The Morgan fingerprint density at radius 2 is 2.14 bits per heavy atom. The largest absolute Gasteiger partial charge is 0.392 e. The number of hydrogen-bond donors (Lipinski definition) is 2. The van der Waals surface area contributed by atoms with Gasteiger partial charge in [-0.15, -0.1) is 0 Å². The minimum Gasteiger partial charge on any atom is -0.392 e. The van der Waals surface area contributed by atoms with E-state index in [2.05, 4.69) is 17.3 Å². The van der Waals surface area contributed by atoms with E-state index in [0.29, 0.717) is 6.54 Å². The Hall–Kier alpha value is -0.870. The first kappa shape index (κ1) is 11.2. The first-order chi connectivity index (χ1) is 6.52. The maximum absolute atomic E-state index is 9.09. The van der Waals surface area contributed by atoms with Crippen LogP contribution in [0.15, 0.2) is 0 Å². The highest BCUT2D eigenvalue weighted by Gasteiger charge is 2.08. The molecule has 0 aromatic carbocycles. The summed E-state index contributed by atoms with van der Waals surface area (Å²) in [6.07, 6.45) is -0.299. The van der Waals surface area contributed by atoms with Crippen molar-refractivity contribution in [2.75, 3.05) is 6.54 Å². The molecular weight excluding hydrogens is 178 g/mol. The van der Waals surface area contributed by atoms with Gasteiger partial charge >= 0.3 is 0 Å². The summed E-state index contributed by atoms with van der Waals surface area (Å²) < 4.78 is 1.88. The minimum absolute atomic E-state index is 0.299. The molecule has 0 fully saturated rings. The van der Waals surface area contributed by atoms with Crippen molar-refractivity contribution < 1.29 is 5.11 Å². The molecule has 0 saturated carbocycles. The Morgan fingerprint density at radius 3 is 2.57 bits per heavy atom. The van der Waals surface area contributed by atoms with Crippen molar-refractivity contribution in [2.45, 2.75) is 33.4 Å². The lowest BCUT2D eigenvalue weighted by Crippen LogP contribution is -2.24. The molecule has 4 heteroatoms. The van der Waals surface area contributed by atoms with Crippen molar-refractivity contribution in [1.82, 2.24) is 15.1 Å². The molecule has 1 rings (SSSR count). The lowest BCUT2D eigenvalue weighted by Gasteiger charge is -2.06. The van der Waals surface area contributed by atoms with Crippen molar-refractivity contribution in [3.05, 3.63) is 17.0 Å². The van der Waals surface area contributed by atoms with Gasteiger partial charge in [-0.05, 0) is 20.8 Å². The van der Waals surface area contributed by atoms with Gasteiger partial charge in [0.25, 0.3) is 0 Å². The average molecular weight is 197 g/mol. The Labute approximate surface area is 84.9 Å². The van der Waals surface area contributed by atoms with Gasteiger partial charge in [0.2, 0.25) is 0 Å². The lowest BCUT2D eigenvalue weighted by atomic mass is 10.2. The summed E-state index contributed by atoms with van der Waals surface area (Å²) in [4.78, 5) is 0. The zero-order valence-corrected chi connectivity index (χ0v) is 9.33. The molecule has 1 heterocycles. The predicted octanol–water partition coefficient (Wildman–Crippen LogP) is 0.507. The van der Waals surface area contributed by atoms with Crippen molar-refractivity contribution in [3.8, 4) is 0 Å². The van der Waals surface area contributed by atoms with Gasteiger partial charge < -0.3 is 10.4 Å². The Bertz CT molecular complexity index is 305. The topological polar surface area (TPSA) is 50.1 Å². The molecule has 2 N–H and O–H groups in total. The van der Waals surface area contributed by atoms with Crippen LogP contribution in [0.5, 0.6) is 0 Å². The number of aromatic nitrogens is 2. The van der Waals surface area contributed by atoms with E-state index in [0.717, 1.165) is 12.2 Å². The van der Waals surface area contributed by atoms with Gasteiger partial charge in [0, 0.05) is 31.4 Å². The molecule has 0 aliphatic carbocycles. The number of aryl methyl sites for hydroxylation is 2. The quantitative estimate of drug-likeness (QED) is 0.739. The molecule has 1 unspecified atom stereocenters. The first-order valence-electron chi connectivity index (χ1n) is 4.90. The van der Waals surface area contributed by atoms with E-state index in [1.165, 1.54) is 11.3 Å². The summed E-state index contributed by atoms with van der Waals surface area (Å²) in [6, 6.07) is 0. The van der Waals surface area contributed by atoms with Crippen molar-refractivity contribution >= 4 is 0 Å². The maximum atomic E-state index is 9.09. The second kappa shape index (κ2) is 4.57. The summed E-state index contributed by atoms with van der Waals surface area (Å²) in [5.74, 6) is 0. The standard InChI is InChI=1S/C10H19N3O/c1-7(14)5-11-6-10-8(2)12-13(4)9(10)3/h7,11,14H,5-6H2,1-4H3. The van der Waals surface area contributed by atoms with E-state index >= 15 is 0 Å². The predicted molar refractivity (Wildman–Crippen MR) is 56.1 cm³/mol. The third kappa shape index (κ3) is 2.56. The van der Waals surface area contributed by atoms with Gasteiger partial charge in [-0.2, -0.15) is 5.10 Å². The van der Waals surface area contributed by atoms with E-state index < -0.39 is 0 Å². The monoisotopic (exact) mass is 197 g/mol. The summed E-state index contributed by atoms with van der Waals surface area (Å²) in [5, 5.41) is 16.6. The molecule has 0 saturated heterocycles. The molecule has 1 atom stereocenters. The van der Waals surface area contributed by atoms with Gasteiger partial charge in [0.1, 0.15) is 0 Å². The van der Waals surface area contributed by atoms with Gasteiger partial charge in [0.05, 0.1) is 11.8 Å². The zero-order valence-electron chi connectivity index (χ0n) is 9.33. The molecule has 14 heavy (non-hydrogen) atoms. The van der Waals surface area contributed by atoms with Crippen LogP contribution in [0.3, 0.4) is 0 Å². The molecule has 0 radical (unpaired) electrons. The van der Waals surface area contributed by atoms with Crippen molar-refractivity contribution in [1.29, 1.82) is 0 Å². The summed E-state index contributed by atoms with van der Waals surface area (Å²) in [7, 11) is 1.94. The minimum atomic E-state index is -0.299. The van der Waals surface area contributed by atoms with Gasteiger partial charge in [-0.1, -0.05) is 0 Å². The van der Waals surface area contributed by atoms with Crippen LogP contribution in [0.25, 0.3) is 0 Å². The van der Waals surface area contributed by atoms with Crippen LogP contribution in [0.4, 0.5) is 0 Å². The van der Waals surface area contributed by atoms with Crippen LogP contribution in [0, 0.1) is 13.8 Å². The van der Waals surface area contributed by atoms with Gasteiger partial charge in [0.15, 0.2) is 0 Å². The fourth-order valence-corrected chi connectivity index (χ4v) is 1.48. The van der Waals surface area contributed by atoms with E-state index in [-0.39, 0.29) is 6.10 Å². The number of hydrogen-bond acceptors (Lipinski definition) is 3. The number of aliphatic hydroxyl groups is 1. The molecule has 0 aliphatic heterocycles. The van der Waals surface area contributed by atoms with Gasteiger partial charge in [-0.25, -0.2) is 0 Å². The highest BCUT2D eigenvalue weighted by molar-refractivity contribution is 5.23. The molecule has 1 aromatic heterocycles. The molecule has 4 nitrogen and oxygen atoms in total. The fraction of sp³-hybridized carbons (Fsp3) is 0.700. The van der Waals surface area contributed by atoms with Crippen LogP contribution in [-0.2, 0) is 13.6 Å². The Balaban J connectivity index is 2.58. The third-order valence-corrected chi connectivity index (χ3v) is 2.40. The number of nitrogens with zero attached hydrogens (tertiary/aromatic N) is 2. The fourth-order valence-electron chi connectivity index (χ4n) is 1.48. The molecule has 80 valence electrons. The molecule has 0 amide bonds. The molecule has 1 aromatic rings. The van der Waals surface area contributed by atoms with E-state index in [4.69, 9.17) is 5.11 Å². The van der Waals surface area contributed by atoms with Crippen LogP contribution < -0.4 is 5.32 Å². The Morgan fingerprint density at radius 1 is 1.50 bits per heavy atom. The average Bonchev–Trinajstić information content (AvgIpc) is 2.31. The van der Waals surface area contributed by atoms with E-state index in [1.54, 1.807) is 6.92 Å². The van der Waals surface area contributed by atoms with E-state index in [1.807, 2.05) is 18.7 Å². The molecule has 0 spiro atoms. The third-order valence-electron chi connectivity index (χ3n) is 2.40. The summed E-state index contributed by atoms with van der Waals surface area (Å²) >= 11 is 0. The normalized spacial score (nSPS) is 13.2. The van der Waals surface area contributed by atoms with Crippen LogP contribution in [0.1, 0.15) is 23.9 Å². The Kier molecular flexibility index (Phi) is 3.66. The molecule has 0 bridgehead atoms. The molecular formula is C10H19N3O. The zero-order chi connectivity index (χ0) is 10.7. The highest BCUT2D eigenvalue weighted by atomic mass is 16.3. The number of rotatable bonds is 4. The SMILES string of the molecule is Cc1nn(C)c(C)c1CNCC(C)O. The summed E-state index contributed by atoms with van der Waals surface area (Å²) in [5.41, 5.74) is 3.47. The van der Waals surface area contributed by atoms with Crippen LogP contribution in [-0.4, -0.2) is 27.5 Å². The van der Waals surface area contributed by atoms with Crippen molar-refractivity contribution in [3.63, 3.8) is 0 Å². The smallest absolute Gasteiger partial charge is 0.0641 e. The second-order valence-corrected chi connectivity index (χ2v) is 3.75. The van der Waals surface area contributed by atoms with Crippen LogP contribution >= 0.6 is 0 Å². The molecule has 0 aliphatic rings. The number of aliphatic hydroxyl groups excluding tert-OH is 1. The number of nitrogens with one attached hydrogen (secondary N) is 1. The maximum Gasteiger partial charge on any atom is 0.0641 e. The first-order valence-corrected chi connectivity index (χ1v) is 4.90.